The Kier molecular flexibility index (Phi) is 5.11. The smallest absolute Gasteiger partial charge is 0.251 e. The third-order valence-electron chi connectivity index (χ3n) is 4.05. The van der Waals surface area contributed by atoms with Crippen LogP contribution in [0, 0.1) is 5.41 Å². The number of aromatic nitrogens is 4. The summed E-state index contributed by atoms with van der Waals surface area (Å²) in [5, 5.41) is 10.7. The molecule has 1 aromatic carbocycles. The number of hydrogen-bond donors (Lipinski definition) is 1. The number of benzene rings is 1. The molecule has 3 aromatic rings. The van der Waals surface area contributed by atoms with Gasteiger partial charge in [-0.05, 0) is 47.7 Å². The maximum atomic E-state index is 12.7. The van der Waals surface area contributed by atoms with Crippen molar-refractivity contribution >= 4 is 5.91 Å². The van der Waals surface area contributed by atoms with Gasteiger partial charge in [-0.1, -0.05) is 26.8 Å². The van der Waals surface area contributed by atoms with Crippen LogP contribution in [0.25, 0.3) is 5.69 Å². The van der Waals surface area contributed by atoms with Gasteiger partial charge in [-0.2, -0.15) is 0 Å². The normalized spacial score (nSPS) is 12.6. The van der Waals surface area contributed by atoms with E-state index < -0.39 is 0 Å². The third kappa shape index (κ3) is 4.53. The van der Waals surface area contributed by atoms with Crippen LogP contribution in [0.3, 0.4) is 0 Å². The lowest BCUT2D eigenvalue weighted by molar-refractivity contribution is 0.0926. The van der Waals surface area contributed by atoms with E-state index in [1.54, 1.807) is 23.4 Å². The third-order valence-corrected chi connectivity index (χ3v) is 4.05. The molecule has 26 heavy (non-hydrogen) atoms. The predicted molar refractivity (Wildman–Crippen MR) is 99.9 cm³/mol. The minimum Gasteiger partial charge on any atom is -0.345 e. The zero-order valence-electron chi connectivity index (χ0n) is 15.3. The van der Waals surface area contributed by atoms with Crippen LogP contribution in [0.5, 0.6) is 0 Å². The first-order valence-electron chi connectivity index (χ1n) is 8.58. The van der Waals surface area contributed by atoms with Crippen molar-refractivity contribution in [2.24, 2.45) is 5.41 Å². The Labute approximate surface area is 153 Å². The van der Waals surface area contributed by atoms with Gasteiger partial charge < -0.3 is 5.32 Å². The van der Waals surface area contributed by atoms with Crippen LogP contribution < -0.4 is 5.32 Å². The second kappa shape index (κ2) is 7.47. The highest BCUT2D eigenvalue weighted by Gasteiger charge is 2.22. The molecule has 2 heterocycles. The molecule has 0 fully saturated rings. The summed E-state index contributed by atoms with van der Waals surface area (Å²) in [4.78, 5) is 16.9. The summed E-state index contributed by atoms with van der Waals surface area (Å²) < 4.78 is 1.79. The standard InChI is InChI=1S/C20H23N5O/c1-20(2,3)11-18(16-5-4-10-21-12-16)24-19(26)15-6-8-17(9-7-15)25-13-22-23-14-25/h4-10,12-14,18H,11H2,1-3H3,(H,24,26). The average Bonchev–Trinajstić information content (AvgIpc) is 3.15. The van der Waals surface area contributed by atoms with Crippen LogP contribution in [0.15, 0.2) is 61.4 Å². The van der Waals surface area contributed by atoms with Crippen molar-refractivity contribution in [2.45, 2.75) is 33.2 Å². The number of carbonyl (C=O) groups is 1. The van der Waals surface area contributed by atoms with Crippen LogP contribution >= 0.6 is 0 Å². The summed E-state index contributed by atoms with van der Waals surface area (Å²) in [7, 11) is 0. The molecule has 1 amide bonds. The minimum atomic E-state index is -0.0987. The van der Waals surface area contributed by atoms with E-state index in [0.717, 1.165) is 17.7 Å². The van der Waals surface area contributed by atoms with Gasteiger partial charge in [0.05, 0.1) is 6.04 Å². The Morgan fingerprint density at radius 2 is 1.81 bits per heavy atom. The van der Waals surface area contributed by atoms with Crippen molar-refractivity contribution in [3.63, 3.8) is 0 Å². The van der Waals surface area contributed by atoms with Gasteiger partial charge in [-0.15, -0.1) is 10.2 Å². The van der Waals surface area contributed by atoms with Crippen molar-refractivity contribution < 1.29 is 4.79 Å². The summed E-state index contributed by atoms with van der Waals surface area (Å²) in [5.41, 5.74) is 2.61. The van der Waals surface area contributed by atoms with Gasteiger partial charge >= 0.3 is 0 Å². The first-order chi connectivity index (χ1) is 12.4. The topological polar surface area (TPSA) is 72.7 Å². The summed E-state index contributed by atoms with van der Waals surface area (Å²) in [6.07, 6.45) is 7.62. The van der Waals surface area contributed by atoms with E-state index in [1.807, 2.05) is 42.6 Å². The molecule has 0 aliphatic rings. The molecule has 2 aromatic heterocycles. The largest absolute Gasteiger partial charge is 0.345 e. The fraction of sp³-hybridized carbons (Fsp3) is 0.300. The van der Waals surface area contributed by atoms with Crippen molar-refractivity contribution in [2.75, 3.05) is 0 Å². The van der Waals surface area contributed by atoms with Crippen LogP contribution in [0.4, 0.5) is 0 Å². The van der Waals surface area contributed by atoms with Crippen molar-refractivity contribution in [3.8, 4) is 5.69 Å². The number of pyridine rings is 1. The molecule has 6 nitrogen and oxygen atoms in total. The molecule has 0 saturated carbocycles. The van der Waals surface area contributed by atoms with Crippen molar-refractivity contribution in [3.05, 3.63) is 72.6 Å². The van der Waals surface area contributed by atoms with E-state index in [-0.39, 0.29) is 17.4 Å². The van der Waals surface area contributed by atoms with Gasteiger partial charge in [-0.3, -0.25) is 14.3 Å². The molecule has 0 aliphatic carbocycles. The first-order valence-corrected chi connectivity index (χ1v) is 8.58. The number of nitrogens with zero attached hydrogens (tertiary/aromatic N) is 4. The molecule has 1 atom stereocenters. The van der Waals surface area contributed by atoms with Crippen LogP contribution in [0.1, 0.15) is 49.2 Å². The Morgan fingerprint density at radius 1 is 1.12 bits per heavy atom. The highest BCUT2D eigenvalue weighted by Crippen LogP contribution is 2.29. The van der Waals surface area contributed by atoms with Crippen LogP contribution in [-0.2, 0) is 0 Å². The number of amides is 1. The van der Waals surface area contributed by atoms with Gasteiger partial charge in [0.2, 0.25) is 0 Å². The fourth-order valence-electron chi connectivity index (χ4n) is 2.81. The monoisotopic (exact) mass is 349 g/mol. The molecule has 0 saturated heterocycles. The van der Waals surface area contributed by atoms with Crippen LogP contribution in [-0.4, -0.2) is 25.7 Å². The molecule has 134 valence electrons. The lowest BCUT2D eigenvalue weighted by Crippen LogP contribution is -2.31. The maximum absolute atomic E-state index is 12.7. The van der Waals surface area contributed by atoms with E-state index >= 15 is 0 Å². The number of nitrogens with one attached hydrogen (secondary N) is 1. The van der Waals surface area contributed by atoms with Gasteiger partial charge in [0.15, 0.2) is 0 Å². The fourth-order valence-corrected chi connectivity index (χ4v) is 2.81. The number of rotatable bonds is 5. The molecule has 1 unspecified atom stereocenters. The SMILES string of the molecule is CC(C)(C)CC(NC(=O)c1ccc(-n2cnnc2)cc1)c1cccnc1. The van der Waals surface area contributed by atoms with E-state index in [4.69, 9.17) is 0 Å². The summed E-state index contributed by atoms with van der Waals surface area (Å²) in [6.45, 7) is 6.49. The van der Waals surface area contributed by atoms with Gasteiger partial charge in [0.1, 0.15) is 12.7 Å². The molecular formula is C20H23N5O. The second-order valence-electron chi connectivity index (χ2n) is 7.49. The Bertz CT molecular complexity index is 836. The molecule has 1 N–H and O–H groups in total. The Morgan fingerprint density at radius 3 is 2.38 bits per heavy atom. The lowest BCUT2D eigenvalue weighted by Gasteiger charge is -2.27. The van der Waals surface area contributed by atoms with Crippen LogP contribution in [0.2, 0.25) is 0 Å². The molecule has 6 heteroatoms. The summed E-state index contributed by atoms with van der Waals surface area (Å²) >= 11 is 0. The van der Waals surface area contributed by atoms with E-state index in [2.05, 4.69) is 41.3 Å². The minimum absolute atomic E-state index is 0.0755. The molecule has 0 spiro atoms. The molecule has 0 radical (unpaired) electrons. The summed E-state index contributed by atoms with van der Waals surface area (Å²) in [5.74, 6) is -0.0987. The van der Waals surface area contributed by atoms with E-state index in [9.17, 15) is 4.79 Å². The quantitative estimate of drug-likeness (QED) is 0.764. The summed E-state index contributed by atoms with van der Waals surface area (Å²) in [6, 6.07) is 11.2. The molecular weight excluding hydrogens is 326 g/mol. The lowest BCUT2D eigenvalue weighted by atomic mass is 9.85. The second-order valence-corrected chi connectivity index (χ2v) is 7.49. The predicted octanol–water partition coefficient (Wildman–Crippen LogP) is 3.57. The van der Waals surface area contributed by atoms with Crippen molar-refractivity contribution in [1.82, 2.24) is 25.1 Å². The molecule has 0 bridgehead atoms. The maximum Gasteiger partial charge on any atom is 0.251 e. The van der Waals surface area contributed by atoms with Gasteiger partial charge in [0, 0.05) is 23.6 Å². The average molecular weight is 349 g/mol. The Balaban J connectivity index is 1.77. The number of hydrogen-bond acceptors (Lipinski definition) is 4. The zero-order valence-corrected chi connectivity index (χ0v) is 15.3. The van der Waals surface area contributed by atoms with Crippen molar-refractivity contribution in [1.29, 1.82) is 0 Å². The van der Waals surface area contributed by atoms with E-state index in [0.29, 0.717) is 5.56 Å². The number of carbonyl (C=O) groups excluding carboxylic acids is 1. The van der Waals surface area contributed by atoms with Gasteiger partial charge in [0.25, 0.3) is 5.91 Å². The Hall–Kier alpha value is -3.02. The van der Waals surface area contributed by atoms with Gasteiger partial charge in [-0.25, -0.2) is 0 Å². The molecule has 0 aliphatic heterocycles. The molecule has 3 rings (SSSR count). The first kappa shape index (κ1) is 17.8. The zero-order chi connectivity index (χ0) is 18.6. The highest BCUT2D eigenvalue weighted by molar-refractivity contribution is 5.94. The highest BCUT2D eigenvalue weighted by atomic mass is 16.1. The van der Waals surface area contributed by atoms with E-state index in [1.165, 1.54) is 0 Å².